The summed E-state index contributed by atoms with van der Waals surface area (Å²) in [5.41, 5.74) is 8.37. The number of carbonyl (C=O) groups excluding carboxylic acids is 5. The highest BCUT2D eigenvalue weighted by Gasteiger charge is 2.55. The summed E-state index contributed by atoms with van der Waals surface area (Å²) >= 11 is 1.41. The Hall–Kier alpha value is -5.47. The lowest BCUT2D eigenvalue weighted by atomic mass is 9.84. The van der Waals surface area contributed by atoms with Crippen LogP contribution in [0.2, 0.25) is 0 Å². The highest BCUT2D eigenvalue weighted by atomic mass is 32.1. The number of likely N-dealkylation sites (tertiary alicyclic amines) is 1. The average molecular weight is 982 g/mol. The molecule has 3 fully saturated rings. The molecule has 17 nitrogen and oxygen atoms in total. The van der Waals surface area contributed by atoms with Crippen LogP contribution in [0.25, 0.3) is 33.4 Å². The van der Waals surface area contributed by atoms with Gasteiger partial charge >= 0.3 is 12.0 Å². The summed E-state index contributed by atoms with van der Waals surface area (Å²) in [5.74, 6) is -1.96. The number of hydrogen-bond acceptors (Lipinski definition) is 12. The number of nitrogens with zero attached hydrogens (tertiary/aromatic N) is 7. The Morgan fingerprint density at radius 2 is 1.91 bits per heavy atom. The molecule has 19 heteroatoms. The topological polar surface area (TPSA) is 181 Å². The zero-order valence-electron chi connectivity index (χ0n) is 41.4. The van der Waals surface area contributed by atoms with Crippen LogP contribution < -0.4 is 10.7 Å². The average Bonchev–Trinajstić information content (AvgIpc) is 3.92. The predicted octanol–water partition coefficient (Wildman–Crippen LogP) is 4.42. The van der Waals surface area contributed by atoms with Crippen molar-refractivity contribution >= 4 is 62.2 Å². The molecule has 0 unspecified atom stereocenters. The Morgan fingerprint density at radius 3 is 2.62 bits per heavy atom. The van der Waals surface area contributed by atoms with E-state index in [1.165, 1.54) is 27.3 Å². The molecular formula is C50H67N9O8SSi. The molecule has 3 saturated heterocycles. The summed E-state index contributed by atoms with van der Waals surface area (Å²) in [6.45, 7) is 18.0. The lowest BCUT2D eigenvalue weighted by molar-refractivity contribution is -0.234. The van der Waals surface area contributed by atoms with Crippen molar-refractivity contribution in [1.29, 1.82) is 0 Å². The third-order valence-corrected chi connectivity index (χ3v) is 16.2. The summed E-state index contributed by atoms with van der Waals surface area (Å²) < 4.78 is 20.6. The molecule has 4 aromatic rings. The number of amides is 5. The molecule has 8 rings (SSSR count). The van der Waals surface area contributed by atoms with Crippen LogP contribution in [-0.4, -0.2) is 151 Å². The lowest BCUT2D eigenvalue weighted by Crippen LogP contribution is -2.76. The van der Waals surface area contributed by atoms with Crippen molar-refractivity contribution in [3.05, 3.63) is 70.8 Å². The van der Waals surface area contributed by atoms with Gasteiger partial charge in [0.15, 0.2) is 5.72 Å². The fourth-order valence-corrected chi connectivity index (χ4v) is 12.1. The highest BCUT2D eigenvalue weighted by molar-refractivity contribution is 7.10. The van der Waals surface area contributed by atoms with Gasteiger partial charge in [0.25, 0.3) is 5.91 Å². The zero-order valence-corrected chi connectivity index (χ0v) is 44.2. The minimum atomic E-state index is -1.11. The number of urea groups is 1. The summed E-state index contributed by atoms with van der Waals surface area (Å²) in [6.07, 6.45) is 5.02. The van der Waals surface area contributed by atoms with Gasteiger partial charge in [-0.15, -0.1) is 11.3 Å². The Kier molecular flexibility index (Phi) is 14.3. The molecule has 6 bridgehead atoms. The van der Waals surface area contributed by atoms with Gasteiger partial charge < -0.3 is 33.9 Å². The summed E-state index contributed by atoms with van der Waals surface area (Å²) in [4.78, 5) is 85.2. The number of cyclic esters (lactones) is 1. The van der Waals surface area contributed by atoms with Crippen LogP contribution in [0.5, 0.6) is 0 Å². The SMILES string of the molecule is C=CC(=O)N1CC2(C1)OCCCN2C(=O)N(C)[C@H](C(=O)N[C@H]1Cc2nc(cs2)-c2ccc3c(c2)c(c(-c2cccnc2[C@H](C)OC)n3CC)CC(C)(C)COC(=O)[C@@]2([SiH3])CCCN(N2)C1=O)C(C)C. The smallest absolute Gasteiger partial charge is 0.323 e. The van der Waals surface area contributed by atoms with Crippen LogP contribution in [0.3, 0.4) is 0 Å². The second kappa shape index (κ2) is 19.7. The molecule has 1 aromatic carbocycles. The molecule has 5 amide bonds. The fourth-order valence-electron chi connectivity index (χ4n) is 10.4. The molecular weight excluding hydrogens is 915 g/mol. The molecule has 4 aliphatic rings. The van der Waals surface area contributed by atoms with E-state index in [-0.39, 0.29) is 44.0 Å². The van der Waals surface area contributed by atoms with Crippen LogP contribution in [-0.2, 0) is 52.8 Å². The van der Waals surface area contributed by atoms with E-state index >= 15 is 0 Å². The first-order valence-electron chi connectivity index (χ1n) is 24.1. The van der Waals surface area contributed by atoms with Crippen molar-refractivity contribution < 1.29 is 38.2 Å². The molecule has 69 heavy (non-hydrogen) atoms. The number of fused-ring (bicyclic) bond motifs is 6. The van der Waals surface area contributed by atoms with Gasteiger partial charge in [-0.05, 0) is 81.4 Å². The molecule has 0 aliphatic carbocycles. The van der Waals surface area contributed by atoms with Crippen LogP contribution in [0.15, 0.2) is 54.6 Å². The van der Waals surface area contributed by atoms with Gasteiger partial charge in [-0.1, -0.05) is 40.3 Å². The number of methoxy groups -OCH3 is 1. The molecule has 4 atom stereocenters. The van der Waals surface area contributed by atoms with E-state index in [1.54, 1.807) is 30.2 Å². The van der Waals surface area contributed by atoms with Crippen LogP contribution >= 0.6 is 11.3 Å². The standard InChI is InChI=1S/C50H67N9O8SSi/c1-10-40(60)56-27-49(28-56)58(20-14-22-67-49)47(64)55(8)42(30(3)4)44(61)53-36-24-39-52-37(26-68-39)32-16-17-38-34(23-32)35(43(57(38)11-2)33-15-12-19-51-41(33)31(5)65-9)25-48(6,7)29-66-46(63)50(69)18-13-21-59(54-50)45(36)62/h10,12,15-17,19,23,26,30-31,36,42,54H,1,11,13-14,18,20-22,24-25,27-29H2,2-9,69H3,(H,53,61)/t31-,36-,42-,50-/m0/s1. The van der Waals surface area contributed by atoms with Gasteiger partial charge in [0, 0.05) is 89.5 Å². The molecule has 2 N–H and O–H groups in total. The van der Waals surface area contributed by atoms with E-state index in [2.05, 4.69) is 66.9 Å². The number of ether oxygens (including phenoxy) is 3. The number of hydrogen-bond donors (Lipinski definition) is 2. The number of likely N-dealkylation sites (N-methyl/N-ethyl adjacent to an activating group) is 1. The van der Waals surface area contributed by atoms with Crippen molar-refractivity contribution in [1.82, 2.24) is 45.0 Å². The van der Waals surface area contributed by atoms with E-state index in [0.717, 1.165) is 44.7 Å². The highest BCUT2D eigenvalue weighted by Crippen LogP contribution is 2.42. The molecule has 1 spiro atoms. The van der Waals surface area contributed by atoms with Crippen LogP contribution in [0, 0.1) is 11.3 Å². The number of hydrazine groups is 1. The van der Waals surface area contributed by atoms with E-state index < -0.39 is 52.2 Å². The number of benzene rings is 1. The van der Waals surface area contributed by atoms with Crippen molar-refractivity contribution in [2.24, 2.45) is 11.3 Å². The number of nitrogens with one attached hydrogen (secondary N) is 2. The van der Waals surface area contributed by atoms with Crippen molar-refractivity contribution in [3.8, 4) is 22.5 Å². The second-order valence-electron chi connectivity index (χ2n) is 20.2. The van der Waals surface area contributed by atoms with Gasteiger partial charge in [-0.3, -0.25) is 34.1 Å². The maximum absolute atomic E-state index is 14.9. The second-order valence-corrected chi connectivity index (χ2v) is 22.9. The lowest BCUT2D eigenvalue weighted by Gasteiger charge is -2.57. The number of pyridine rings is 1. The Balaban J connectivity index is 1.16. The molecule has 0 radical (unpaired) electrons. The van der Waals surface area contributed by atoms with Crippen LogP contribution in [0.1, 0.15) is 83.2 Å². The van der Waals surface area contributed by atoms with Crippen LogP contribution in [0.4, 0.5) is 4.79 Å². The molecule has 4 aliphatic heterocycles. The van der Waals surface area contributed by atoms with E-state index in [4.69, 9.17) is 24.2 Å². The Bertz CT molecular complexity index is 2640. The number of aromatic nitrogens is 3. The first-order valence-corrected chi connectivity index (χ1v) is 26.0. The minimum Gasteiger partial charge on any atom is -0.464 e. The summed E-state index contributed by atoms with van der Waals surface area (Å²) in [6, 6.07) is 7.90. The van der Waals surface area contributed by atoms with E-state index in [9.17, 15) is 24.0 Å². The van der Waals surface area contributed by atoms with Gasteiger partial charge in [0.2, 0.25) is 11.8 Å². The third kappa shape index (κ3) is 9.59. The number of thiazole rings is 1. The van der Waals surface area contributed by atoms with Gasteiger partial charge in [-0.25, -0.2) is 15.2 Å². The first-order chi connectivity index (χ1) is 32.8. The van der Waals surface area contributed by atoms with E-state index in [0.29, 0.717) is 67.2 Å². The third-order valence-electron chi connectivity index (χ3n) is 14.2. The van der Waals surface area contributed by atoms with Crippen molar-refractivity contribution in [3.63, 3.8) is 0 Å². The number of rotatable bonds is 9. The molecule has 370 valence electrons. The molecule has 7 heterocycles. The quantitative estimate of drug-likeness (QED) is 0.138. The number of carbonyl (C=O) groups is 5. The summed E-state index contributed by atoms with van der Waals surface area (Å²) in [7, 11) is 3.61. The zero-order chi connectivity index (χ0) is 49.6. The Labute approximate surface area is 411 Å². The molecule has 3 aromatic heterocycles. The first kappa shape index (κ1) is 49.9. The largest absolute Gasteiger partial charge is 0.464 e. The monoisotopic (exact) mass is 981 g/mol. The van der Waals surface area contributed by atoms with Crippen molar-refractivity contribution in [2.45, 2.75) is 109 Å². The van der Waals surface area contributed by atoms with Gasteiger partial charge in [-0.2, -0.15) is 0 Å². The van der Waals surface area contributed by atoms with Crippen molar-refractivity contribution in [2.75, 3.05) is 53.6 Å². The summed E-state index contributed by atoms with van der Waals surface area (Å²) in [5, 5.41) is 7.06. The van der Waals surface area contributed by atoms with Gasteiger partial charge in [0.05, 0.1) is 54.5 Å². The van der Waals surface area contributed by atoms with Gasteiger partial charge in [0.1, 0.15) is 17.2 Å². The normalized spacial score (nSPS) is 22.4. The van der Waals surface area contributed by atoms with E-state index in [1.807, 2.05) is 32.2 Å². The predicted molar refractivity (Wildman–Crippen MR) is 267 cm³/mol. The Morgan fingerprint density at radius 1 is 1.14 bits per heavy atom. The fraction of sp³-hybridized carbons (Fsp3) is 0.540. The maximum atomic E-state index is 14.9. The minimum absolute atomic E-state index is 0.0598. The molecule has 0 saturated carbocycles. The number of esters is 1. The maximum Gasteiger partial charge on any atom is 0.323 e. The number of aryl methyl sites for hydroxylation is 1.